The van der Waals surface area contributed by atoms with E-state index in [9.17, 15) is 4.79 Å². The molecule has 1 atom stereocenters. The van der Waals surface area contributed by atoms with E-state index in [2.05, 4.69) is 0 Å². The molecule has 1 aromatic carbocycles. The van der Waals surface area contributed by atoms with Crippen molar-refractivity contribution in [2.45, 2.75) is 26.3 Å². The van der Waals surface area contributed by atoms with Crippen molar-refractivity contribution in [1.29, 1.82) is 0 Å². The molecule has 1 aromatic rings. The van der Waals surface area contributed by atoms with Gasteiger partial charge in [0.25, 0.3) is 0 Å². The van der Waals surface area contributed by atoms with E-state index in [1.54, 1.807) is 7.11 Å². The number of carbonyl (C=O) groups is 1. The van der Waals surface area contributed by atoms with Gasteiger partial charge in [-0.15, -0.1) is 0 Å². The van der Waals surface area contributed by atoms with Crippen LogP contribution in [-0.2, 0) is 0 Å². The van der Waals surface area contributed by atoms with Crippen LogP contribution in [0.25, 0.3) is 0 Å². The van der Waals surface area contributed by atoms with Gasteiger partial charge in [0.15, 0.2) is 5.78 Å². The van der Waals surface area contributed by atoms with Gasteiger partial charge < -0.3 is 10.5 Å². The summed E-state index contributed by atoms with van der Waals surface area (Å²) >= 11 is 0. The Morgan fingerprint density at radius 3 is 2.75 bits per heavy atom. The lowest BCUT2D eigenvalue weighted by Crippen LogP contribution is -2.35. The fourth-order valence-electron chi connectivity index (χ4n) is 2.30. The normalized spacial score (nSPS) is 22.8. The third kappa shape index (κ3) is 1.61. The lowest BCUT2D eigenvalue weighted by molar-refractivity contribution is 0.0795. The molecule has 86 valence electrons. The second-order valence-corrected chi connectivity index (χ2v) is 4.98. The molecular weight excluding hydrogens is 202 g/mol. The van der Waals surface area contributed by atoms with Gasteiger partial charge in [-0.05, 0) is 30.2 Å². The molecule has 0 aromatic heterocycles. The molecule has 2 N–H and O–H groups in total. The zero-order valence-corrected chi connectivity index (χ0v) is 9.91. The van der Waals surface area contributed by atoms with Crippen molar-refractivity contribution in [1.82, 2.24) is 0 Å². The molecule has 3 heteroatoms. The number of nitrogens with two attached hydrogens (primary N) is 1. The summed E-state index contributed by atoms with van der Waals surface area (Å²) in [6.07, 6.45) is 0.687. The highest BCUT2D eigenvalue weighted by molar-refractivity contribution is 6.02. The van der Waals surface area contributed by atoms with E-state index in [1.807, 2.05) is 32.0 Å². The van der Waals surface area contributed by atoms with Crippen LogP contribution in [0, 0.1) is 5.41 Å². The maximum Gasteiger partial charge on any atom is 0.168 e. The van der Waals surface area contributed by atoms with Gasteiger partial charge in [0, 0.05) is 17.0 Å². The molecule has 0 unspecified atom stereocenters. The number of Topliss-reactive ketones (excluding diaryl/α,β-unsaturated/α-hetero) is 1. The van der Waals surface area contributed by atoms with E-state index in [1.165, 1.54) is 0 Å². The average molecular weight is 219 g/mol. The Bertz CT molecular complexity index is 438. The summed E-state index contributed by atoms with van der Waals surface area (Å²) < 4.78 is 5.15. The average Bonchev–Trinajstić information content (AvgIpc) is 2.25. The monoisotopic (exact) mass is 219 g/mol. The van der Waals surface area contributed by atoms with Gasteiger partial charge in [-0.1, -0.05) is 13.8 Å². The molecule has 3 nitrogen and oxygen atoms in total. The molecule has 0 amide bonds. The zero-order valence-electron chi connectivity index (χ0n) is 9.91. The summed E-state index contributed by atoms with van der Waals surface area (Å²) in [6.45, 7) is 3.89. The van der Waals surface area contributed by atoms with Crippen LogP contribution in [-0.4, -0.2) is 12.9 Å². The summed E-state index contributed by atoms with van der Waals surface area (Å²) in [4.78, 5) is 12.2. The fraction of sp³-hybridized carbons (Fsp3) is 0.462. The third-order valence-electron chi connectivity index (χ3n) is 3.25. The molecule has 0 saturated heterocycles. The quantitative estimate of drug-likeness (QED) is 0.788. The number of fused-ring (bicyclic) bond motifs is 1. The van der Waals surface area contributed by atoms with E-state index in [0.717, 1.165) is 16.9 Å². The Hall–Kier alpha value is -1.35. The maximum atomic E-state index is 12.2. The van der Waals surface area contributed by atoms with Gasteiger partial charge in [-0.2, -0.15) is 0 Å². The Labute approximate surface area is 95.6 Å². The predicted molar refractivity (Wildman–Crippen MR) is 62.7 cm³/mol. The molecule has 0 saturated carbocycles. The second kappa shape index (κ2) is 3.59. The van der Waals surface area contributed by atoms with Crippen LogP contribution in [0.2, 0.25) is 0 Å². The van der Waals surface area contributed by atoms with Crippen LogP contribution in [0.1, 0.15) is 42.2 Å². The minimum atomic E-state index is -0.360. The number of ether oxygens (including phenoxy) is 1. The van der Waals surface area contributed by atoms with Gasteiger partial charge in [-0.3, -0.25) is 4.79 Å². The minimum absolute atomic E-state index is 0.0854. The minimum Gasteiger partial charge on any atom is -0.497 e. The standard InChI is InChI=1S/C13H17NO2/c1-13(2)7-11(14)10-6-8(16-3)4-5-9(10)12(13)15/h4-6,11H,7,14H2,1-3H3/t11-/m1/s1. The van der Waals surface area contributed by atoms with Crippen molar-refractivity contribution < 1.29 is 9.53 Å². The first-order valence-corrected chi connectivity index (χ1v) is 5.44. The molecule has 0 fully saturated rings. The van der Waals surface area contributed by atoms with Gasteiger partial charge in [0.05, 0.1) is 7.11 Å². The maximum absolute atomic E-state index is 12.2. The molecule has 0 heterocycles. The highest BCUT2D eigenvalue weighted by atomic mass is 16.5. The van der Waals surface area contributed by atoms with E-state index >= 15 is 0 Å². The Morgan fingerprint density at radius 1 is 1.44 bits per heavy atom. The highest BCUT2D eigenvalue weighted by Crippen LogP contribution is 2.40. The van der Waals surface area contributed by atoms with Gasteiger partial charge in [0.1, 0.15) is 5.75 Å². The second-order valence-electron chi connectivity index (χ2n) is 4.98. The number of rotatable bonds is 1. The van der Waals surface area contributed by atoms with Crippen molar-refractivity contribution in [2.24, 2.45) is 11.1 Å². The topological polar surface area (TPSA) is 52.3 Å². The van der Waals surface area contributed by atoms with Crippen molar-refractivity contribution in [2.75, 3.05) is 7.11 Å². The highest BCUT2D eigenvalue weighted by Gasteiger charge is 2.37. The molecule has 0 radical (unpaired) electrons. The molecule has 1 aliphatic rings. The fourth-order valence-corrected chi connectivity index (χ4v) is 2.30. The lowest BCUT2D eigenvalue weighted by atomic mass is 9.71. The molecule has 0 spiro atoms. The number of hydrogen-bond acceptors (Lipinski definition) is 3. The third-order valence-corrected chi connectivity index (χ3v) is 3.25. The van der Waals surface area contributed by atoms with E-state index in [0.29, 0.717) is 6.42 Å². The Morgan fingerprint density at radius 2 is 2.12 bits per heavy atom. The van der Waals surface area contributed by atoms with Crippen LogP contribution < -0.4 is 10.5 Å². The Balaban J connectivity index is 2.54. The summed E-state index contributed by atoms with van der Waals surface area (Å²) in [5.74, 6) is 0.925. The van der Waals surface area contributed by atoms with Crippen molar-refractivity contribution >= 4 is 5.78 Å². The Kier molecular flexibility index (Phi) is 2.50. The summed E-state index contributed by atoms with van der Waals surface area (Å²) in [5, 5.41) is 0. The smallest absolute Gasteiger partial charge is 0.168 e. The molecule has 1 aliphatic carbocycles. The van der Waals surface area contributed by atoms with E-state index in [-0.39, 0.29) is 17.2 Å². The largest absolute Gasteiger partial charge is 0.497 e. The predicted octanol–water partition coefficient (Wildman–Crippen LogP) is 2.31. The SMILES string of the molecule is COc1ccc2c(c1)[C@H](N)CC(C)(C)C2=O. The molecule has 16 heavy (non-hydrogen) atoms. The lowest BCUT2D eigenvalue weighted by Gasteiger charge is -2.33. The van der Waals surface area contributed by atoms with Gasteiger partial charge >= 0.3 is 0 Å². The summed E-state index contributed by atoms with van der Waals surface area (Å²) in [5.41, 5.74) is 7.39. The van der Waals surface area contributed by atoms with Crippen molar-refractivity contribution in [3.05, 3.63) is 29.3 Å². The zero-order chi connectivity index (χ0) is 11.9. The first kappa shape index (κ1) is 11.1. The van der Waals surface area contributed by atoms with Crippen LogP contribution in [0.5, 0.6) is 5.75 Å². The number of hydrogen-bond donors (Lipinski definition) is 1. The van der Waals surface area contributed by atoms with Gasteiger partial charge in [0.2, 0.25) is 0 Å². The molecule has 2 rings (SSSR count). The number of carbonyl (C=O) groups excluding carboxylic acids is 1. The molecular formula is C13H17NO2. The van der Waals surface area contributed by atoms with E-state index < -0.39 is 0 Å². The number of benzene rings is 1. The first-order chi connectivity index (χ1) is 7.45. The molecule has 0 aliphatic heterocycles. The van der Waals surface area contributed by atoms with Crippen LogP contribution in [0.15, 0.2) is 18.2 Å². The summed E-state index contributed by atoms with van der Waals surface area (Å²) in [6, 6.07) is 5.41. The van der Waals surface area contributed by atoms with Crippen molar-refractivity contribution in [3.8, 4) is 5.75 Å². The summed E-state index contributed by atoms with van der Waals surface area (Å²) in [7, 11) is 1.61. The van der Waals surface area contributed by atoms with Crippen molar-refractivity contribution in [3.63, 3.8) is 0 Å². The molecule has 0 bridgehead atoms. The van der Waals surface area contributed by atoms with E-state index in [4.69, 9.17) is 10.5 Å². The van der Waals surface area contributed by atoms with Crippen LogP contribution in [0.4, 0.5) is 0 Å². The van der Waals surface area contributed by atoms with Crippen LogP contribution >= 0.6 is 0 Å². The van der Waals surface area contributed by atoms with Crippen LogP contribution in [0.3, 0.4) is 0 Å². The number of ketones is 1. The van der Waals surface area contributed by atoms with Gasteiger partial charge in [-0.25, -0.2) is 0 Å². The number of methoxy groups -OCH3 is 1. The first-order valence-electron chi connectivity index (χ1n) is 5.44.